The van der Waals surface area contributed by atoms with E-state index in [9.17, 15) is 9.59 Å². The lowest BCUT2D eigenvalue weighted by molar-refractivity contribution is -0.122. The maximum absolute atomic E-state index is 12.6. The molecule has 0 bridgehead atoms. The fraction of sp³-hybridized carbons (Fsp3) is 0.333. The number of carbonyl (C=O) groups is 2. The Labute approximate surface area is 159 Å². The summed E-state index contributed by atoms with van der Waals surface area (Å²) in [7, 11) is 0. The molecule has 1 aliphatic heterocycles. The highest BCUT2D eigenvalue weighted by atomic mass is 35.5. The minimum atomic E-state index is -0.369. The molecule has 0 saturated carbocycles. The Hall–Kier alpha value is -2.33. The molecule has 1 heterocycles. The summed E-state index contributed by atoms with van der Waals surface area (Å²) in [6, 6.07) is 14.9. The van der Waals surface area contributed by atoms with E-state index in [1.54, 1.807) is 29.2 Å². The second kappa shape index (κ2) is 7.12. The number of rotatable bonds is 3. The van der Waals surface area contributed by atoms with E-state index < -0.39 is 0 Å². The summed E-state index contributed by atoms with van der Waals surface area (Å²) in [6.45, 7) is 6.76. The highest BCUT2D eigenvalue weighted by Crippen LogP contribution is 2.35. The van der Waals surface area contributed by atoms with Crippen molar-refractivity contribution in [3.8, 4) is 0 Å². The van der Waals surface area contributed by atoms with Crippen molar-refractivity contribution in [2.24, 2.45) is 5.92 Å². The van der Waals surface area contributed by atoms with Crippen LogP contribution in [0.3, 0.4) is 0 Å². The van der Waals surface area contributed by atoms with Gasteiger partial charge in [0.05, 0.1) is 5.92 Å². The van der Waals surface area contributed by atoms with E-state index in [2.05, 4.69) is 26.1 Å². The molecule has 1 aliphatic rings. The van der Waals surface area contributed by atoms with Gasteiger partial charge in [-0.15, -0.1) is 0 Å². The number of hydrogen-bond donors (Lipinski definition) is 1. The summed E-state index contributed by atoms with van der Waals surface area (Å²) in [4.78, 5) is 26.9. The number of hydrogen-bond acceptors (Lipinski definition) is 2. The van der Waals surface area contributed by atoms with Crippen LogP contribution in [0.15, 0.2) is 48.5 Å². The molecule has 1 atom stereocenters. The zero-order chi connectivity index (χ0) is 18.9. The topological polar surface area (TPSA) is 49.4 Å². The first-order valence-electron chi connectivity index (χ1n) is 8.72. The Morgan fingerprint density at radius 2 is 1.77 bits per heavy atom. The van der Waals surface area contributed by atoms with Gasteiger partial charge in [0, 0.05) is 29.4 Å². The van der Waals surface area contributed by atoms with Crippen molar-refractivity contribution < 1.29 is 9.59 Å². The van der Waals surface area contributed by atoms with Crippen LogP contribution in [0, 0.1) is 5.92 Å². The maximum atomic E-state index is 12.6. The van der Waals surface area contributed by atoms with Gasteiger partial charge in [-0.25, -0.2) is 0 Å². The molecule has 26 heavy (non-hydrogen) atoms. The number of amides is 2. The number of nitrogens with one attached hydrogen (secondary N) is 1. The van der Waals surface area contributed by atoms with Crippen LogP contribution in [-0.4, -0.2) is 18.4 Å². The molecule has 1 fully saturated rings. The molecular weight excluding hydrogens is 348 g/mol. The van der Waals surface area contributed by atoms with Gasteiger partial charge in [-0.1, -0.05) is 50.6 Å². The summed E-state index contributed by atoms with van der Waals surface area (Å²) in [5.41, 5.74) is 2.60. The SMILES string of the molecule is CC(C)(C)c1ccccc1N1CC(C(=O)Nc2ccc(Cl)cc2)CC1=O. The summed E-state index contributed by atoms with van der Waals surface area (Å²) in [5, 5.41) is 3.49. The quantitative estimate of drug-likeness (QED) is 0.856. The van der Waals surface area contributed by atoms with Gasteiger partial charge in [0.2, 0.25) is 11.8 Å². The van der Waals surface area contributed by atoms with Gasteiger partial charge in [0.25, 0.3) is 0 Å². The smallest absolute Gasteiger partial charge is 0.229 e. The number of halogens is 1. The number of anilines is 2. The number of nitrogens with zero attached hydrogens (tertiary/aromatic N) is 1. The van der Waals surface area contributed by atoms with Crippen molar-refractivity contribution in [1.82, 2.24) is 0 Å². The van der Waals surface area contributed by atoms with Gasteiger partial charge < -0.3 is 10.2 Å². The average molecular weight is 371 g/mol. The molecule has 0 aliphatic carbocycles. The Bertz CT molecular complexity index is 825. The van der Waals surface area contributed by atoms with Crippen LogP contribution in [0.5, 0.6) is 0 Å². The molecular formula is C21H23ClN2O2. The van der Waals surface area contributed by atoms with Crippen molar-refractivity contribution >= 4 is 34.8 Å². The van der Waals surface area contributed by atoms with E-state index in [0.29, 0.717) is 17.3 Å². The Morgan fingerprint density at radius 1 is 1.12 bits per heavy atom. The first kappa shape index (κ1) is 18.5. The molecule has 5 heteroatoms. The Balaban J connectivity index is 1.77. The van der Waals surface area contributed by atoms with E-state index in [1.165, 1.54) is 0 Å². The van der Waals surface area contributed by atoms with Crippen LogP contribution in [0.25, 0.3) is 0 Å². The summed E-state index contributed by atoms with van der Waals surface area (Å²) < 4.78 is 0. The van der Waals surface area contributed by atoms with Crippen LogP contribution in [0.1, 0.15) is 32.8 Å². The van der Waals surface area contributed by atoms with Crippen molar-refractivity contribution in [3.05, 3.63) is 59.1 Å². The van der Waals surface area contributed by atoms with E-state index in [4.69, 9.17) is 11.6 Å². The second-order valence-corrected chi connectivity index (χ2v) is 8.11. The third-order valence-corrected chi connectivity index (χ3v) is 4.86. The van der Waals surface area contributed by atoms with Crippen LogP contribution in [0.2, 0.25) is 5.02 Å². The van der Waals surface area contributed by atoms with Gasteiger partial charge >= 0.3 is 0 Å². The monoisotopic (exact) mass is 370 g/mol. The van der Waals surface area contributed by atoms with Crippen molar-refractivity contribution in [2.45, 2.75) is 32.6 Å². The molecule has 1 saturated heterocycles. The zero-order valence-corrected chi connectivity index (χ0v) is 16.0. The average Bonchev–Trinajstić information content (AvgIpc) is 2.98. The molecule has 2 aromatic rings. The lowest BCUT2D eigenvalue weighted by Crippen LogP contribution is -2.30. The predicted octanol–water partition coefficient (Wildman–Crippen LogP) is 4.63. The molecule has 2 amide bonds. The highest BCUT2D eigenvalue weighted by molar-refractivity contribution is 6.30. The fourth-order valence-corrected chi connectivity index (χ4v) is 3.36. The molecule has 136 valence electrons. The lowest BCUT2D eigenvalue weighted by atomic mass is 9.85. The van der Waals surface area contributed by atoms with E-state index >= 15 is 0 Å². The third-order valence-electron chi connectivity index (χ3n) is 4.61. The Kier molecular flexibility index (Phi) is 5.05. The Morgan fingerprint density at radius 3 is 2.42 bits per heavy atom. The number of benzene rings is 2. The standard InChI is InChI=1S/C21H23ClN2O2/c1-21(2,3)17-6-4-5-7-18(17)24-13-14(12-19(24)25)20(26)23-16-10-8-15(22)9-11-16/h4-11,14H,12-13H2,1-3H3,(H,23,26). The first-order chi connectivity index (χ1) is 12.3. The van der Waals surface area contributed by atoms with E-state index in [-0.39, 0.29) is 29.6 Å². The third kappa shape index (κ3) is 3.91. The van der Waals surface area contributed by atoms with Crippen LogP contribution in [0.4, 0.5) is 11.4 Å². The molecule has 1 unspecified atom stereocenters. The summed E-state index contributed by atoms with van der Waals surface area (Å²) in [5.74, 6) is -0.527. The fourth-order valence-electron chi connectivity index (χ4n) is 3.24. The van der Waals surface area contributed by atoms with Gasteiger partial charge in [0.15, 0.2) is 0 Å². The summed E-state index contributed by atoms with van der Waals surface area (Å²) in [6.07, 6.45) is 0.220. The van der Waals surface area contributed by atoms with E-state index in [1.807, 2.05) is 24.3 Å². The molecule has 4 nitrogen and oxygen atoms in total. The highest BCUT2D eigenvalue weighted by Gasteiger charge is 2.36. The minimum absolute atomic E-state index is 0.0158. The van der Waals surface area contributed by atoms with Crippen molar-refractivity contribution in [3.63, 3.8) is 0 Å². The van der Waals surface area contributed by atoms with Gasteiger partial charge in [-0.2, -0.15) is 0 Å². The van der Waals surface area contributed by atoms with E-state index in [0.717, 1.165) is 11.3 Å². The van der Waals surface area contributed by atoms with Gasteiger partial charge in [-0.3, -0.25) is 9.59 Å². The predicted molar refractivity (Wildman–Crippen MR) is 106 cm³/mol. The molecule has 0 spiro atoms. The molecule has 1 N–H and O–H groups in total. The number of carbonyl (C=O) groups excluding carboxylic acids is 2. The normalized spacial score (nSPS) is 17.5. The van der Waals surface area contributed by atoms with Crippen molar-refractivity contribution in [2.75, 3.05) is 16.8 Å². The number of para-hydroxylation sites is 1. The second-order valence-electron chi connectivity index (χ2n) is 7.67. The van der Waals surface area contributed by atoms with Crippen molar-refractivity contribution in [1.29, 1.82) is 0 Å². The van der Waals surface area contributed by atoms with Crippen LogP contribution >= 0.6 is 11.6 Å². The van der Waals surface area contributed by atoms with Crippen LogP contribution < -0.4 is 10.2 Å². The molecule has 0 aromatic heterocycles. The zero-order valence-electron chi connectivity index (χ0n) is 15.3. The molecule has 3 rings (SSSR count). The van der Waals surface area contributed by atoms with Crippen LogP contribution in [-0.2, 0) is 15.0 Å². The lowest BCUT2D eigenvalue weighted by Gasteiger charge is -2.27. The molecule has 0 radical (unpaired) electrons. The maximum Gasteiger partial charge on any atom is 0.229 e. The van der Waals surface area contributed by atoms with Gasteiger partial charge in [0.1, 0.15) is 0 Å². The summed E-state index contributed by atoms with van der Waals surface area (Å²) >= 11 is 5.87. The minimum Gasteiger partial charge on any atom is -0.326 e. The first-order valence-corrected chi connectivity index (χ1v) is 9.10. The van der Waals surface area contributed by atoms with Gasteiger partial charge in [-0.05, 0) is 41.3 Å². The largest absolute Gasteiger partial charge is 0.326 e. The molecule has 2 aromatic carbocycles.